The molecule has 1 unspecified atom stereocenters. The van der Waals surface area contributed by atoms with Gasteiger partial charge in [-0.3, -0.25) is 9.52 Å². The summed E-state index contributed by atoms with van der Waals surface area (Å²) in [5.74, 6) is 0.357. The van der Waals surface area contributed by atoms with Crippen molar-refractivity contribution in [2.24, 2.45) is 5.92 Å². The highest BCUT2D eigenvalue weighted by molar-refractivity contribution is 7.92. The molecule has 2 rings (SSSR count). The molecule has 7 heteroatoms. The van der Waals surface area contributed by atoms with Gasteiger partial charge in [0.1, 0.15) is 5.75 Å². The number of methoxy groups -OCH3 is 1. The van der Waals surface area contributed by atoms with Crippen LogP contribution in [0.4, 0.5) is 11.4 Å². The first kappa shape index (κ1) is 18.8. The summed E-state index contributed by atoms with van der Waals surface area (Å²) in [5.41, 5.74) is 0.873. The van der Waals surface area contributed by atoms with Crippen LogP contribution in [0.15, 0.2) is 53.4 Å². The van der Waals surface area contributed by atoms with E-state index in [0.717, 1.165) is 0 Å². The van der Waals surface area contributed by atoms with Gasteiger partial charge in [0.15, 0.2) is 0 Å². The monoisotopic (exact) mass is 362 g/mol. The molecule has 25 heavy (non-hydrogen) atoms. The Morgan fingerprint density at radius 3 is 2.40 bits per heavy atom. The van der Waals surface area contributed by atoms with Gasteiger partial charge in [-0.1, -0.05) is 19.9 Å². The molecule has 0 bridgehead atoms. The number of carbonyl (C=O) groups is 1. The topological polar surface area (TPSA) is 84.5 Å². The predicted molar refractivity (Wildman–Crippen MR) is 98.3 cm³/mol. The lowest BCUT2D eigenvalue weighted by Crippen LogP contribution is -2.20. The second-order valence-corrected chi connectivity index (χ2v) is 7.34. The fourth-order valence-electron chi connectivity index (χ4n) is 2.07. The van der Waals surface area contributed by atoms with Gasteiger partial charge in [0, 0.05) is 17.3 Å². The van der Waals surface area contributed by atoms with E-state index in [2.05, 4.69) is 10.0 Å². The predicted octanol–water partition coefficient (Wildman–Crippen LogP) is 3.48. The maximum absolute atomic E-state index is 12.5. The Hall–Kier alpha value is -2.54. The minimum atomic E-state index is -3.76. The van der Waals surface area contributed by atoms with Crippen molar-refractivity contribution in [1.29, 1.82) is 0 Å². The molecule has 0 spiro atoms. The van der Waals surface area contributed by atoms with Crippen molar-refractivity contribution in [3.05, 3.63) is 48.5 Å². The molecule has 6 nitrogen and oxygen atoms in total. The third kappa shape index (κ3) is 4.96. The number of amides is 1. The number of hydrogen-bond acceptors (Lipinski definition) is 4. The smallest absolute Gasteiger partial charge is 0.261 e. The first-order valence-electron chi connectivity index (χ1n) is 7.93. The summed E-state index contributed by atoms with van der Waals surface area (Å²) in [6.07, 6.45) is 0.711. The Labute approximate surface area is 148 Å². The second-order valence-electron chi connectivity index (χ2n) is 5.66. The molecule has 134 valence electrons. The number of sulfonamides is 1. The molecule has 1 amide bonds. The fraction of sp³-hybridized carbons (Fsp3) is 0.278. The number of ether oxygens (including phenoxy) is 1. The average Bonchev–Trinajstić information content (AvgIpc) is 2.61. The molecular weight excluding hydrogens is 340 g/mol. The Morgan fingerprint density at radius 1 is 1.12 bits per heavy atom. The summed E-state index contributed by atoms with van der Waals surface area (Å²) >= 11 is 0. The molecule has 0 fully saturated rings. The van der Waals surface area contributed by atoms with Crippen LogP contribution in [0, 0.1) is 5.92 Å². The zero-order valence-electron chi connectivity index (χ0n) is 14.4. The molecule has 0 aliphatic rings. The van der Waals surface area contributed by atoms with Crippen molar-refractivity contribution >= 4 is 27.3 Å². The third-order valence-electron chi connectivity index (χ3n) is 3.81. The molecule has 2 N–H and O–H groups in total. The van der Waals surface area contributed by atoms with Crippen LogP contribution >= 0.6 is 0 Å². The van der Waals surface area contributed by atoms with E-state index in [1.165, 1.54) is 12.1 Å². The maximum atomic E-state index is 12.5. The minimum absolute atomic E-state index is 0.0743. The largest absolute Gasteiger partial charge is 0.497 e. The van der Waals surface area contributed by atoms with Crippen LogP contribution in [0.2, 0.25) is 0 Å². The normalized spacial score (nSPS) is 12.3. The molecule has 0 aliphatic carbocycles. The number of hydrogen-bond donors (Lipinski definition) is 2. The zero-order valence-corrected chi connectivity index (χ0v) is 15.3. The van der Waals surface area contributed by atoms with Gasteiger partial charge < -0.3 is 10.1 Å². The van der Waals surface area contributed by atoms with Gasteiger partial charge in [-0.25, -0.2) is 8.42 Å². The first-order valence-corrected chi connectivity index (χ1v) is 9.42. The number of rotatable bonds is 7. The standard InChI is InChI=1S/C18H22N2O4S/c1-4-13(2)18(21)19-15-6-5-7-17(12-15)25(22,23)20-14-8-10-16(24-3)11-9-14/h5-13,20H,4H2,1-3H3,(H,19,21). The Balaban J connectivity index is 2.18. The summed E-state index contributed by atoms with van der Waals surface area (Å²) in [5, 5.41) is 2.74. The summed E-state index contributed by atoms with van der Waals surface area (Å²) in [6, 6.07) is 12.7. The molecule has 0 saturated carbocycles. The zero-order chi connectivity index (χ0) is 18.4. The highest BCUT2D eigenvalue weighted by Gasteiger charge is 2.16. The van der Waals surface area contributed by atoms with Crippen LogP contribution in [-0.4, -0.2) is 21.4 Å². The number of carbonyl (C=O) groups excluding carboxylic acids is 1. The average molecular weight is 362 g/mol. The van der Waals surface area contributed by atoms with Crippen LogP contribution in [0.5, 0.6) is 5.75 Å². The van der Waals surface area contributed by atoms with Gasteiger partial charge in [-0.15, -0.1) is 0 Å². The van der Waals surface area contributed by atoms with Gasteiger partial charge in [-0.05, 0) is 48.9 Å². The lowest BCUT2D eigenvalue weighted by Gasteiger charge is -2.12. The second kappa shape index (κ2) is 8.02. The Morgan fingerprint density at radius 2 is 1.80 bits per heavy atom. The molecule has 0 saturated heterocycles. The van der Waals surface area contributed by atoms with Crippen molar-refractivity contribution in [2.45, 2.75) is 25.2 Å². The van der Waals surface area contributed by atoms with Crippen LogP contribution < -0.4 is 14.8 Å². The first-order chi connectivity index (χ1) is 11.9. The van der Waals surface area contributed by atoms with Gasteiger partial charge in [0.25, 0.3) is 10.0 Å². The molecule has 0 radical (unpaired) electrons. The fourth-order valence-corrected chi connectivity index (χ4v) is 3.17. The van der Waals surface area contributed by atoms with Crippen molar-refractivity contribution in [1.82, 2.24) is 0 Å². The van der Waals surface area contributed by atoms with Crippen molar-refractivity contribution in [3.63, 3.8) is 0 Å². The summed E-state index contributed by atoms with van der Waals surface area (Å²) in [6.45, 7) is 3.74. The van der Waals surface area contributed by atoms with E-state index in [4.69, 9.17) is 4.74 Å². The summed E-state index contributed by atoms with van der Waals surface area (Å²) in [7, 11) is -2.22. The number of anilines is 2. The third-order valence-corrected chi connectivity index (χ3v) is 5.19. The van der Waals surface area contributed by atoms with E-state index in [1.54, 1.807) is 43.5 Å². The van der Waals surface area contributed by atoms with Crippen LogP contribution in [0.1, 0.15) is 20.3 Å². The molecular formula is C18H22N2O4S. The van der Waals surface area contributed by atoms with Gasteiger partial charge in [0.05, 0.1) is 12.0 Å². The van der Waals surface area contributed by atoms with E-state index in [0.29, 0.717) is 23.5 Å². The van der Waals surface area contributed by atoms with E-state index < -0.39 is 10.0 Å². The lowest BCUT2D eigenvalue weighted by molar-refractivity contribution is -0.119. The van der Waals surface area contributed by atoms with Gasteiger partial charge in [-0.2, -0.15) is 0 Å². The molecule has 0 aliphatic heterocycles. The maximum Gasteiger partial charge on any atom is 0.261 e. The highest BCUT2D eigenvalue weighted by Crippen LogP contribution is 2.21. The minimum Gasteiger partial charge on any atom is -0.497 e. The summed E-state index contributed by atoms with van der Waals surface area (Å²) < 4.78 is 32.6. The molecule has 2 aromatic carbocycles. The molecule has 1 atom stereocenters. The van der Waals surface area contributed by atoms with E-state index in [9.17, 15) is 13.2 Å². The lowest BCUT2D eigenvalue weighted by atomic mass is 10.1. The van der Waals surface area contributed by atoms with Crippen molar-refractivity contribution in [2.75, 3.05) is 17.1 Å². The van der Waals surface area contributed by atoms with Crippen LogP contribution in [0.3, 0.4) is 0 Å². The Kier molecular flexibility index (Phi) is 6.03. The van der Waals surface area contributed by atoms with Crippen molar-refractivity contribution in [3.8, 4) is 5.75 Å². The van der Waals surface area contributed by atoms with E-state index >= 15 is 0 Å². The molecule has 0 heterocycles. The van der Waals surface area contributed by atoms with Crippen LogP contribution in [-0.2, 0) is 14.8 Å². The van der Waals surface area contributed by atoms with Gasteiger partial charge in [0.2, 0.25) is 5.91 Å². The van der Waals surface area contributed by atoms with Crippen LogP contribution in [0.25, 0.3) is 0 Å². The number of benzene rings is 2. The number of nitrogens with one attached hydrogen (secondary N) is 2. The van der Waals surface area contributed by atoms with E-state index in [1.807, 2.05) is 13.8 Å². The highest BCUT2D eigenvalue weighted by atomic mass is 32.2. The molecule has 0 aromatic heterocycles. The van der Waals surface area contributed by atoms with Gasteiger partial charge >= 0.3 is 0 Å². The van der Waals surface area contributed by atoms with E-state index in [-0.39, 0.29) is 16.7 Å². The van der Waals surface area contributed by atoms with Crippen molar-refractivity contribution < 1.29 is 17.9 Å². The Bertz CT molecular complexity index is 832. The SMILES string of the molecule is CCC(C)C(=O)Nc1cccc(S(=O)(=O)Nc2ccc(OC)cc2)c1. The quantitative estimate of drug-likeness (QED) is 0.790. The summed E-state index contributed by atoms with van der Waals surface area (Å²) in [4.78, 5) is 12.0. The molecule has 2 aromatic rings.